The molecule has 3 atom stereocenters. The van der Waals surface area contributed by atoms with Crippen LogP contribution in [0.1, 0.15) is 38.7 Å². The van der Waals surface area contributed by atoms with Crippen LogP contribution in [-0.4, -0.2) is 36.3 Å². The Balaban J connectivity index is 1.80. The van der Waals surface area contributed by atoms with Gasteiger partial charge in [0.25, 0.3) is 0 Å². The molecule has 3 rings (SSSR count). The van der Waals surface area contributed by atoms with Gasteiger partial charge in [0.1, 0.15) is 0 Å². The second kappa shape index (κ2) is 6.09. The minimum atomic E-state index is 0.492. The Morgan fingerprint density at radius 2 is 1.95 bits per heavy atom. The first kappa shape index (κ1) is 13.8. The van der Waals surface area contributed by atoms with Crippen LogP contribution < -0.4 is 0 Å². The second-order valence-corrected chi connectivity index (χ2v) is 6.62. The number of fused-ring (bicyclic) bond motifs is 1. The molecule has 0 amide bonds. The molecule has 2 fully saturated rings. The molecule has 2 saturated heterocycles. The van der Waals surface area contributed by atoms with E-state index in [-0.39, 0.29) is 0 Å². The van der Waals surface area contributed by atoms with Crippen molar-refractivity contribution in [3.8, 4) is 0 Å². The molecule has 0 saturated carbocycles. The first-order valence-electron chi connectivity index (χ1n) is 8.08. The van der Waals surface area contributed by atoms with Crippen molar-refractivity contribution in [1.29, 1.82) is 0 Å². The lowest BCUT2D eigenvalue weighted by Gasteiger charge is -2.42. The summed E-state index contributed by atoms with van der Waals surface area (Å²) in [5, 5.41) is 0. The van der Waals surface area contributed by atoms with Crippen molar-refractivity contribution >= 4 is 6.21 Å². The molecular formula is C18H26N2. The van der Waals surface area contributed by atoms with E-state index in [4.69, 9.17) is 4.99 Å². The fourth-order valence-corrected chi connectivity index (χ4v) is 3.94. The molecule has 1 aromatic rings. The average Bonchev–Trinajstić information content (AvgIpc) is 2.94. The summed E-state index contributed by atoms with van der Waals surface area (Å²) in [5.74, 6) is 1.48. The lowest BCUT2D eigenvalue weighted by Crippen LogP contribution is -2.49. The standard InChI is InChI=1S/C18H26N2/c1-14(2)16-10-12-20-11-6-9-17(20)18(16)19-13-15-7-4-3-5-8-15/h3-5,7-8,13-14,16-18H,6,9-12H2,1-2H3/t16-,17+,18+/m1/s1. The molecule has 0 radical (unpaired) electrons. The van der Waals surface area contributed by atoms with Crippen LogP contribution in [0.15, 0.2) is 35.3 Å². The molecule has 1 aromatic carbocycles. The third kappa shape index (κ3) is 2.80. The van der Waals surface area contributed by atoms with Crippen LogP contribution in [0.25, 0.3) is 0 Å². The van der Waals surface area contributed by atoms with Gasteiger partial charge in [0, 0.05) is 12.3 Å². The fourth-order valence-electron chi connectivity index (χ4n) is 3.94. The van der Waals surface area contributed by atoms with Crippen molar-refractivity contribution in [2.75, 3.05) is 13.1 Å². The summed E-state index contributed by atoms with van der Waals surface area (Å²) in [4.78, 5) is 7.70. The molecular weight excluding hydrogens is 244 g/mol. The zero-order valence-electron chi connectivity index (χ0n) is 12.7. The first-order chi connectivity index (χ1) is 9.75. The van der Waals surface area contributed by atoms with E-state index in [0.717, 1.165) is 11.8 Å². The molecule has 2 heterocycles. The summed E-state index contributed by atoms with van der Waals surface area (Å²) in [6.07, 6.45) is 6.10. The number of aliphatic imine (C=N–C) groups is 1. The highest BCUT2D eigenvalue weighted by Crippen LogP contribution is 2.36. The molecule has 0 spiro atoms. The maximum Gasteiger partial charge on any atom is 0.0686 e. The summed E-state index contributed by atoms with van der Waals surface area (Å²) in [5.41, 5.74) is 1.23. The van der Waals surface area contributed by atoms with Gasteiger partial charge in [-0.25, -0.2) is 0 Å². The lowest BCUT2D eigenvalue weighted by atomic mass is 9.79. The van der Waals surface area contributed by atoms with E-state index in [1.165, 1.54) is 37.9 Å². The van der Waals surface area contributed by atoms with Crippen LogP contribution in [0.2, 0.25) is 0 Å². The zero-order chi connectivity index (χ0) is 13.9. The van der Waals surface area contributed by atoms with Gasteiger partial charge in [-0.05, 0) is 49.8 Å². The number of hydrogen-bond donors (Lipinski definition) is 0. The summed E-state index contributed by atoms with van der Waals surface area (Å²) in [7, 11) is 0. The van der Waals surface area contributed by atoms with Gasteiger partial charge in [0.2, 0.25) is 0 Å². The Morgan fingerprint density at radius 3 is 2.70 bits per heavy atom. The van der Waals surface area contributed by atoms with Gasteiger partial charge in [-0.15, -0.1) is 0 Å². The van der Waals surface area contributed by atoms with E-state index < -0.39 is 0 Å². The lowest BCUT2D eigenvalue weighted by molar-refractivity contribution is 0.103. The topological polar surface area (TPSA) is 15.6 Å². The number of piperidine rings is 1. The molecule has 2 nitrogen and oxygen atoms in total. The monoisotopic (exact) mass is 270 g/mol. The highest BCUT2D eigenvalue weighted by atomic mass is 15.2. The summed E-state index contributed by atoms with van der Waals surface area (Å²) >= 11 is 0. The van der Waals surface area contributed by atoms with Crippen LogP contribution >= 0.6 is 0 Å². The van der Waals surface area contributed by atoms with Gasteiger partial charge in [-0.2, -0.15) is 0 Å². The van der Waals surface area contributed by atoms with Crippen molar-refractivity contribution in [3.05, 3.63) is 35.9 Å². The minimum absolute atomic E-state index is 0.492. The quantitative estimate of drug-likeness (QED) is 0.766. The largest absolute Gasteiger partial charge is 0.298 e. The molecule has 0 aromatic heterocycles. The molecule has 2 aliphatic rings. The van der Waals surface area contributed by atoms with Crippen LogP contribution in [0.3, 0.4) is 0 Å². The van der Waals surface area contributed by atoms with Crippen molar-refractivity contribution in [2.45, 2.75) is 45.2 Å². The first-order valence-corrected chi connectivity index (χ1v) is 8.08. The third-order valence-electron chi connectivity index (χ3n) is 5.05. The van der Waals surface area contributed by atoms with E-state index in [0.29, 0.717) is 12.1 Å². The molecule has 108 valence electrons. The van der Waals surface area contributed by atoms with Gasteiger partial charge in [0.05, 0.1) is 6.04 Å². The van der Waals surface area contributed by atoms with Gasteiger partial charge < -0.3 is 0 Å². The molecule has 2 aliphatic heterocycles. The van der Waals surface area contributed by atoms with E-state index >= 15 is 0 Å². The molecule has 2 heteroatoms. The Kier molecular flexibility index (Phi) is 4.21. The normalized spacial score (nSPS) is 31.1. The Morgan fingerprint density at radius 1 is 1.15 bits per heavy atom. The Labute approximate surface area is 122 Å². The summed E-state index contributed by atoms with van der Waals surface area (Å²) in [6, 6.07) is 11.7. The van der Waals surface area contributed by atoms with E-state index in [1.807, 2.05) is 0 Å². The highest BCUT2D eigenvalue weighted by molar-refractivity contribution is 5.79. The molecule has 20 heavy (non-hydrogen) atoms. The van der Waals surface area contributed by atoms with Gasteiger partial charge >= 0.3 is 0 Å². The Bertz CT molecular complexity index is 450. The summed E-state index contributed by atoms with van der Waals surface area (Å²) < 4.78 is 0. The van der Waals surface area contributed by atoms with Gasteiger partial charge in [-0.3, -0.25) is 9.89 Å². The van der Waals surface area contributed by atoms with Crippen molar-refractivity contribution in [2.24, 2.45) is 16.8 Å². The number of rotatable bonds is 3. The average molecular weight is 270 g/mol. The van der Waals surface area contributed by atoms with Crippen molar-refractivity contribution in [3.63, 3.8) is 0 Å². The molecule has 0 bridgehead atoms. The molecule has 0 unspecified atom stereocenters. The van der Waals surface area contributed by atoms with Gasteiger partial charge in [-0.1, -0.05) is 44.2 Å². The van der Waals surface area contributed by atoms with Crippen LogP contribution in [-0.2, 0) is 0 Å². The van der Waals surface area contributed by atoms with Crippen molar-refractivity contribution in [1.82, 2.24) is 4.90 Å². The summed E-state index contributed by atoms with van der Waals surface area (Å²) in [6.45, 7) is 7.29. The predicted molar refractivity (Wildman–Crippen MR) is 85.4 cm³/mol. The fraction of sp³-hybridized carbons (Fsp3) is 0.611. The highest BCUT2D eigenvalue weighted by Gasteiger charge is 2.40. The predicted octanol–water partition coefficient (Wildman–Crippen LogP) is 3.61. The number of hydrogen-bond acceptors (Lipinski definition) is 2. The van der Waals surface area contributed by atoms with E-state index in [2.05, 4.69) is 55.3 Å². The van der Waals surface area contributed by atoms with E-state index in [9.17, 15) is 0 Å². The smallest absolute Gasteiger partial charge is 0.0686 e. The van der Waals surface area contributed by atoms with Gasteiger partial charge in [0.15, 0.2) is 0 Å². The van der Waals surface area contributed by atoms with Crippen LogP contribution in [0, 0.1) is 11.8 Å². The number of benzene rings is 1. The zero-order valence-corrected chi connectivity index (χ0v) is 12.7. The minimum Gasteiger partial charge on any atom is -0.298 e. The van der Waals surface area contributed by atoms with Crippen molar-refractivity contribution < 1.29 is 0 Å². The molecule has 0 N–H and O–H groups in total. The van der Waals surface area contributed by atoms with E-state index in [1.54, 1.807) is 0 Å². The van der Waals surface area contributed by atoms with Crippen LogP contribution in [0.4, 0.5) is 0 Å². The third-order valence-corrected chi connectivity index (χ3v) is 5.05. The second-order valence-electron chi connectivity index (χ2n) is 6.62. The number of nitrogens with zero attached hydrogens (tertiary/aromatic N) is 2. The maximum atomic E-state index is 5.03. The Hall–Kier alpha value is -1.15. The molecule has 0 aliphatic carbocycles. The SMILES string of the molecule is CC(C)[C@H]1CCN2CCC[C@H]2[C@H]1N=Cc1ccccc1. The maximum absolute atomic E-state index is 5.03. The van der Waals surface area contributed by atoms with Crippen LogP contribution in [0.5, 0.6) is 0 Å².